The van der Waals surface area contributed by atoms with Gasteiger partial charge in [-0.15, -0.1) is 10.2 Å². The first-order valence-electron chi connectivity index (χ1n) is 10.5. The maximum absolute atomic E-state index is 12.3. The van der Waals surface area contributed by atoms with Crippen LogP contribution >= 0.6 is 11.8 Å². The number of nitrogens with zero attached hydrogens (tertiary/aromatic N) is 5. The van der Waals surface area contributed by atoms with Gasteiger partial charge in [-0.1, -0.05) is 23.9 Å². The van der Waals surface area contributed by atoms with Crippen molar-refractivity contribution in [2.75, 3.05) is 12.4 Å². The van der Waals surface area contributed by atoms with E-state index in [-0.39, 0.29) is 17.4 Å². The van der Waals surface area contributed by atoms with E-state index in [1.807, 2.05) is 47.9 Å². The van der Waals surface area contributed by atoms with Crippen LogP contribution in [0.25, 0.3) is 17.1 Å². The number of para-hydroxylation sites is 1. The van der Waals surface area contributed by atoms with Gasteiger partial charge in [0.15, 0.2) is 11.0 Å². The summed E-state index contributed by atoms with van der Waals surface area (Å²) in [5, 5.41) is 22.9. The lowest BCUT2D eigenvalue weighted by molar-refractivity contribution is -0.118. The molecule has 0 saturated heterocycles. The number of hydrogen-bond donors (Lipinski definition) is 2. The van der Waals surface area contributed by atoms with Crippen LogP contribution in [-0.4, -0.2) is 49.3 Å². The number of hydrogen-bond acceptors (Lipinski definition) is 8. The van der Waals surface area contributed by atoms with Crippen LogP contribution in [0.3, 0.4) is 0 Å². The third-order valence-electron chi connectivity index (χ3n) is 4.62. The normalized spacial score (nSPS) is 11.0. The monoisotopic (exact) mass is 474 g/mol. The summed E-state index contributed by atoms with van der Waals surface area (Å²) in [6.07, 6.45) is 4.79. The molecule has 0 aliphatic carbocycles. The van der Waals surface area contributed by atoms with E-state index in [9.17, 15) is 9.90 Å². The number of rotatable bonds is 9. The minimum Gasteiger partial charge on any atom is -0.507 e. The third kappa shape index (κ3) is 5.59. The number of aromatic hydroxyl groups is 1. The minimum atomic E-state index is -0.319. The highest BCUT2D eigenvalue weighted by atomic mass is 32.2. The fourth-order valence-electron chi connectivity index (χ4n) is 3.07. The van der Waals surface area contributed by atoms with Gasteiger partial charge in [0.2, 0.25) is 0 Å². The molecule has 4 rings (SSSR count). The first-order chi connectivity index (χ1) is 16.7. The molecule has 34 heavy (non-hydrogen) atoms. The molecule has 0 atom stereocenters. The Labute approximate surface area is 200 Å². The SMILES string of the molecule is CCOc1ccc(-n2c(SCC(=O)N/N=C\c3ccccc3O)nnc2-c2cccnc2)cc1. The van der Waals surface area contributed by atoms with Gasteiger partial charge < -0.3 is 9.84 Å². The second kappa shape index (κ2) is 11.1. The Balaban J connectivity index is 1.51. The lowest BCUT2D eigenvalue weighted by Gasteiger charge is -2.11. The van der Waals surface area contributed by atoms with E-state index >= 15 is 0 Å². The van der Waals surface area contributed by atoms with Crippen LogP contribution in [-0.2, 0) is 4.79 Å². The molecule has 0 spiro atoms. The maximum Gasteiger partial charge on any atom is 0.250 e. The number of nitrogens with one attached hydrogen (secondary N) is 1. The van der Waals surface area contributed by atoms with Crippen molar-refractivity contribution in [3.05, 3.63) is 78.6 Å². The summed E-state index contributed by atoms with van der Waals surface area (Å²) in [6, 6.07) is 18.0. The summed E-state index contributed by atoms with van der Waals surface area (Å²) in [5.41, 5.74) is 4.59. The highest BCUT2D eigenvalue weighted by Crippen LogP contribution is 2.28. The summed E-state index contributed by atoms with van der Waals surface area (Å²) in [5.74, 6) is 1.21. The second-order valence-corrected chi connectivity index (χ2v) is 7.89. The topological polar surface area (TPSA) is 115 Å². The van der Waals surface area contributed by atoms with E-state index in [4.69, 9.17) is 4.74 Å². The predicted molar refractivity (Wildman–Crippen MR) is 130 cm³/mol. The summed E-state index contributed by atoms with van der Waals surface area (Å²) >= 11 is 1.23. The molecule has 0 aliphatic heterocycles. The van der Waals surface area contributed by atoms with Crippen molar-refractivity contribution in [1.29, 1.82) is 0 Å². The van der Waals surface area contributed by atoms with Crippen molar-refractivity contribution in [2.24, 2.45) is 5.10 Å². The second-order valence-electron chi connectivity index (χ2n) is 6.95. The summed E-state index contributed by atoms with van der Waals surface area (Å²) in [4.78, 5) is 16.5. The zero-order valence-electron chi connectivity index (χ0n) is 18.3. The molecule has 4 aromatic rings. The number of phenolic OH excluding ortho intramolecular Hbond substituents is 1. The molecule has 172 valence electrons. The Hall–Kier alpha value is -4.18. The zero-order valence-corrected chi connectivity index (χ0v) is 19.1. The quantitative estimate of drug-likeness (QED) is 0.216. The maximum atomic E-state index is 12.3. The Morgan fingerprint density at radius 1 is 1.15 bits per heavy atom. The van der Waals surface area contributed by atoms with Gasteiger partial charge in [0, 0.05) is 29.2 Å². The molecule has 0 radical (unpaired) electrons. The Morgan fingerprint density at radius 3 is 2.71 bits per heavy atom. The van der Waals surface area contributed by atoms with Gasteiger partial charge in [0.1, 0.15) is 11.5 Å². The van der Waals surface area contributed by atoms with E-state index in [1.165, 1.54) is 18.0 Å². The third-order valence-corrected chi connectivity index (χ3v) is 5.55. The van der Waals surface area contributed by atoms with Crippen LogP contribution in [0.1, 0.15) is 12.5 Å². The van der Waals surface area contributed by atoms with Gasteiger partial charge in [-0.3, -0.25) is 14.3 Å². The van der Waals surface area contributed by atoms with E-state index in [0.29, 0.717) is 23.2 Å². The largest absolute Gasteiger partial charge is 0.507 e. The number of aromatic nitrogens is 4. The van der Waals surface area contributed by atoms with E-state index in [0.717, 1.165) is 17.0 Å². The average molecular weight is 475 g/mol. The van der Waals surface area contributed by atoms with E-state index < -0.39 is 0 Å². The van der Waals surface area contributed by atoms with Crippen LogP contribution in [0.15, 0.2) is 83.3 Å². The molecule has 2 heterocycles. The van der Waals surface area contributed by atoms with Crippen molar-refractivity contribution in [1.82, 2.24) is 25.2 Å². The highest BCUT2D eigenvalue weighted by molar-refractivity contribution is 7.99. The van der Waals surface area contributed by atoms with Crippen LogP contribution in [0.4, 0.5) is 0 Å². The number of pyridine rings is 1. The molecule has 2 N–H and O–H groups in total. The molecule has 0 unspecified atom stereocenters. The van der Waals surface area contributed by atoms with E-state index in [1.54, 1.807) is 36.7 Å². The average Bonchev–Trinajstić information content (AvgIpc) is 3.29. The summed E-state index contributed by atoms with van der Waals surface area (Å²) < 4.78 is 7.41. The first kappa shape index (κ1) is 23.0. The number of thioether (sulfide) groups is 1. The number of amides is 1. The van der Waals surface area contributed by atoms with Crippen LogP contribution < -0.4 is 10.2 Å². The molecule has 9 nitrogen and oxygen atoms in total. The minimum absolute atomic E-state index is 0.0698. The van der Waals surface area contributed by atoms with Crippen molar-refractivity contribution >= 4 is 23.9 Å². The lowest BCUT2D eigenvalue weighted by atomic mass is 10.2. The Kier molecular flexibility index (Phi) is 7.51. The number of carbonyl (C=O) groups is 1. The summed E-state index contributed by atoms with van der Waals surface area (Å²) in [6.45, 7) is 2.51. The standard InChI is InChI=1S/C24H22N6O3S/c1-2-33-20-11-9-19(10-12-20)30-23(18-7-5-13-25-14-18)28-29-24(30)34-16-22(32)27-26-15-17-6-3-4-8-21(17)31/h3-15,31H,2,16H2,1H3,(H,27,32)/b26-15-. The van der Waals surface area contributed by atoms with Crippen LogP contribution in [0, 0.1) is 0 Å². The number of phenols is 1. The summed E-state index contributed by atoms with van der Waals surface area (Å²) in [7, 11) is 0. The van der Waals surface area contributed by atoms with Crippen molar-refractivity contribution in [3.63, 3.8) is 0 Å². The fourth-order valence-corrected chi connectivity index (χ4v) is 3.81. The molecular formula is C24H22N6O3S. The van der Waals surface area contributed by atoms with Crippen LogP contribution in [0.5, 0.6) is 11.5 Å². The van der Waals surface area contributed by atoms with Crippen molar-refractivity contribution in [3.8, 4) is 28.6 Å². The van der Waals surface area contributed by atoms with Crippen molar-refractivity contribution in [2.45, 2.75) is 12.1 Å². The van der Waals surface area contributed by atoms with Crippen LogP contribution in [0.2, 0.25) is 0 Å². The fraction of sp³-hybridized carbons (Fsp3) is 0.125. The molecule has 0 saturated carbocycles. The molecular weight excluding hydrogens is 452 g/mol. The molecule has 0 bridgehead atoms. The number of benzene rings is 2. The zero-order chi connectivity index (χ0) is 23.8. The number of hydrazone groups is 1. The first-order valence-corrected chi connectivity index (χ1v) is 11.5. The molecule has 1 amide bonds. The predicted octanol–water partition coefficient (Wildman–Crippen LogP) is 3.68. The van der Waals surface area contributed by atoms with Gasteiger partial charge >= 0.3 is 0 Å². The Morgan fingerprint density at radius 2 is 1.97 bits per heavy atom. The lowest BCUT2D eigenvalue weighted by Crippen LogP contribution is -2.20. The van der Waals surface area contributed by atoms with Gasteiger partial charge in [0.05, 0.1) is 18.6 Å². The van der Waals surface area contributed by atoms with E-state index in [2.05, 4.69) is 25.7 Å². The van der Waals surface area contributed by atoms with Gasteiger partial charge in [-0.05, 0) is 55.5 Å². The highest BCUT2D eigenvalue weighted by Gasteiger charge is 2.17. The molecule has 10 heteroatoms. The Bertz CT molecular complexity index is 1280. The van der Waals surface area contributed by atoms with Gasteiger partial charge in [-0.25, -0.2) is 5.43 Å². The smallest absolute Gasteiger partial charge is 0.250 e. The van der Waals surface area contributed by atoms with Gasteiger partial charge in [-0.2, -0.15) is 5.10 Å². The molecule has 0 fully saturated rings. The van der Waals surface area contributed by atoms with Crippen molar-refractivity contribution < 1.29 is 14.6 Å². The molecule has 2 aromatic heterocycles. The van der Waals surface area contributed by atoms with Gasteiger partial charge in [0.25, 0.3) is 5.91 Å². The molecule has 2 aromatic carbocycles. The number of ether oxygens (including phenoxy) is 1. The number of carbonyl (C=O) groups excluding carboxylic acids is 1. The molecule has 0 aliphatic rings.